The maximum atomic E-state index is 11.9. The Bertz CT molecular complexity index is 373. The number of hydrogen-bond acceptors (Lipinski definition) is 3. The van der Waals surface area contributed by atoms with Crippen molar-refractivity contribution in [2.24, 2.45) is 5.73 Å². The highest BCUT2D eigenvalue weighted by Crippen LogP contribution is 2.16. The van der Waals surface area contributed by atoms with Crippen LogP contribution in [0.5, 0.6) is 0 Å². The van der Waals surface area contributed by atoms with E-state index in [0.29, 0.717) is 0 Å². The molecule has 2 rings (SSSR count). The molecule has 1 aliphatic rings. The summed E-state index contributed by atoms with van der Waals surface area (Å²) >= 11 is 0. The van der Waals surface area contributed by atoms with Gasteiger partial charge in [0, 0.05) is 13.1 Å². The zero-order chi connectivity index (χ0) is 13.4. The van der Waals surface area contributed by atoms with Gasteiger partial charge in [0.1, 0.15) is 12.3 Å². The smallest absolute Gasteiger partial charge is 0.244 e. The van der Waals surface area contributed by atoms with Crippen LogP contribution in [0, 0.1) is 0 Å². The number of nitrogens with zero attached hydrogens (tertiary/aromatic N) is 1. The number of carbonyl (C=O) groups is 2. The molecule has 1 aliphatic heterocycles. The van der Waals surface area contributed by atoms with E-state index in [2.05, 4.69) is 0 Å². The molecule has 2 N–H and O–H groups in total. The highest BCUT2D eigenvalue weighted by atomic mass is 16.2. The quantitative estimate of drug-likeness (QED) is 0.807. The van der Waals surface area contributed by atoms with Gasteiger partial charge in [-0.3, -0.25) is 4.79 Å². The molecule has 0 bridgehead atoms. The molecule has 18 heavy (non-hydrogen) atoms. The highest BCUT2D eigenvalue weighted by molar-refractivity contribution is 5.83. The fraction of sp³-hybridized carbons (Fsp3) is 0.429. The van der Waals surface area contributed by atoms with E-state index in [1.54, 1.807) is 0 Å². The minimum atomic E-state index is -0.496. The monoisotopic (exact) mass is 248 g/mol. The summed E-state index contributed by atoms with van der Waals surface area (Å²) in [5.74, 6) is 0.0544. The van der Waals surface area contributed by atoms with Gasteiger partial charge in [0.15, 0.2) is 0 Å². The first-order valence-electron chi connectivity index (χ1n) is 6.19. The Hall–Kier alpha value is -1.68. The van der Waals surface area contributed by atoms with Gasteiger partial charge < -0.3 is 15.4 Å². The first kappa shape index (κ1) is 14.4. The van der Waals surface area contributed by atoms with Crippen LogP contribution in [-0.2, 0) is 9.59 Å². The molecule has 0 aromatic heterocycles. The lowest BCUT2D eigenvalue weighted by Gasteiger charge is -2.20. The van der Waals surface area contributed by atoms with Crippen LogP contribution in [-0.4, -0.2) is 30.2 Å². The van der Waals surface area contributed by atoms with Gasteiger partial charge in [-0.15, -0.1) is 0 Å². The van der Waals surface area contributed by atoms with E-state index in [0.717, 1.165) is 37.8 Å². The third kappa shape index (κ3) is 3.96. The van der Waals surface area contributed by atoms with Crippen LogP contribution >= 0.6 is 0 Å². The van der Waals surface area contributed by atoms with Gasteiger partial charge in [-0.25, -0.2) is 0 Å². The van der Waals surface area contributed by atoms with Crippen molar-refractivity contribution in [3.63, 3.8) is 0 Å². The Morgan fingerprint density at radius 2 is 1.78 bits per heavy atom. The number of aldehydes is 1. The van der Waals surface area contributed by atoms with Crippen molar-refractivity contribution in [2.45, 2.75) is 25.8 Å². The van der Waals surface area contributed by atoms with E-state index >= 15 is 0 Å². The molecule has 0 aliphatic carbocycles. The Kier molecular flexibility index (Phi) is 6.08. The first-order valence-corrected chi connectivity index (χ1v) is 6.19. The topological polar surface area (TPSA) is 63.4 Å². The van der Waals surface area contributed by atoms with Gasteiger partial charge >= 0.3 is 0 Å². The molecular formula is C14H20N2O2. The van der Waals surface area contributed by atoms with Crippen molar-refractivity contribution in [2.75, 3.05) is 13.1 Å². The molecule has 0 spiro atoms. The second-order valence-corrected chi connectivity index (χ2v) is 4.16. The average molecular weight is 248 g/mol. The molecule has 1 unspecified atom stereocenters. The van der Waals surface area contributed by atoms with E-state index in [-0.39, 0.29) is 5.91 Å². The van der Waals surface area contributed by atoms with Crippen molar-refractivity contribution < 1.29 is 9.59 Å². The van der Waals surface area contributed by atoms with Crippen LogP contribution in [0.1, 0.15) is 31.4 Å². The van der Waals surface area contributed by atoms with Gasteiger partial charge in [-0.2, -0.15) is 0 Å². The van der Waals surface area contributed by atoms with Crippen LogP contribution in [0.15, 0.2) is 30.3 Å². The van der Waals surface area contributed by atoms with E-state index in [1.165, 1.54) is 6.92 Å². The largest absolute Gasteiger partial charge is 0.341 e. The van der Waals surface area contributed by atoms with Gasteiger partial charge in [0.25, 0.3) is 0 Å². The maximum Gasteiger partial charge on any atom is 0.244 e. The molecule has 1 aromatic carbocycles. The van der Waals surface area contributed by atoms with Gasteiger partial charge in [-0.05, 0) is 25.3 Å². The van der Waals surface area contributed by atoms with Crippen LogP contribution in [0.25, 0.3) is 0 Å². The minimum Gasteiger partial charge on any atom is -0.341 e. The van der Waals surface area contributed by atoms with Crippen molar-refractivity contribution in [3.05, 3.63) is 35.9 Å². The third-order valence-corrected chi connectivity index (χ3v) is 2.84. The lowest BCUT2D eigenvalue weighted by molar-refractivity contribution is -0.131. The minimum absolute atomic E-state index is 0.0544. The predicted molar refractivity (Wildman–Crippen MR) is 70.9 cm³/mol. The Labute approximate surface area is 108 Å². The first-order chi connectivity index (χ1) is 8.70. The van der Waals surface area contributed by atoms with E-state index in [1.807, 2.05) is 35.2 Å². The molecular weight excluding hydrogens is 228 g/mol. The van der Waals surface area contributed by atoms with Crippen LogP contribution in [0.3, 0.4) is 0 Å². The summed E-state index contributed by atoms with van der Waals surface area (Å²) in [6.07, 6.45) is 2.96. The highest BCUT2D eigenvalue weighted by Gasteiger charge is 2.24. The van der Waals surface area contributed by atoms with E-state index < -0.39 is 6.04 Å². The number of likely N-dealkylation sites (tertiary alicyclic amines) is 1. The van der Waals surface area contributed by atoms with Gasteiger partial charge in [-0.1, -0.05) is 30.3 Å². The number of rotatable bonds is 2. The summed E-state index contributed by atoms with van der Waals surface area (Å²) in [4.78, 5) is 22.6. The zero-order valence-electron chi connectivity index (χ0n) is 10.7. The molecule has 1 atom stereocenters. The summed E-state index contributed by atoms with van der Waals surface area (Å²) in [5.41, 5.74) is 6.82. The van der Waals surface area contributed by atoms with Crippen molar-refractivity contribution in [1.82, 2.24) is 4.90 Å². The van der Waals surface area contributed by atoms with Crippen molar-refractivity contribution in [1.29, 1.82) is 0 Å². The summed E-state index contributed by atoms with van der Waals surface area (Å²) < 4.78 is 0. The van der Waals surface area contributed by atoms with Gasteiger partial charge in [0.05, 0.1) is 0 Å². The second-order valence-electron chi connectivity index (χ2n) is 4.16. The average Bonchev–Trinajstić information content (AvgIpc) is 2.93. The standard InChI is InChI=1S/C12H16N2O.C2H4O/c13-11(10-6-2-1-3-7-10)12(15)14-8-4-5-9-14;1-2-3/h1-3,6-7,11H,4-5,8-9,13H2;2H,1H3. The lowest BCUT2D eigenvalue weighted by Crippen LogP contribution is -2.36. The fourth-order valence-electron chi connectivity index (χ4n) is 1.94. The lowest BCUT2D eigenvalue weighted by atomic mass is 10.1. The van der Waals surface area contributed by atoms with E-state index in [9.17, 15) is 4.79 Å². The summed E-state index contributed by atoms with van der Waals surface area (Å²) in [6.45, 7) is 3.17. The Morgan fingerprint density at radius 3 is 2.28 bits per heavy atom. The molecule has 0 saturated carbocycles. The van der Waals surface area contributed by atoms with Crippen LogP contribution in [0.2, 0.25) is 0 Å². The van der Waals surface area contributed by atoms with Crippen LogP contribution < -0.4 is 5.73 Å². The number of carbonyl (C=O) groups excluding carboxylic acids is 2. The molecule has 1 amide bonds. The molecule has 1 saturated heterocycles. The number of hydrogen-bond donors (Lipinski definition) is 1. The molecule has 98 valence electrons. The molecule has 1 heterocycles. The summed E-state index contributed by atoms with van der Waals surface area (Å²) in [7, 11) is 0. The molecule has 4 heteroatoms. The Balaban J connectivity index is 0.000000492. The molecule has 4 nitrogen and oxygen atoms in total. The van der Waals surface area contributed by atoms with Gasteiger partial charge in [0.2, 0.25) is 5.91 Å². The number of amides is 1. The number of nitrogens with two attached hydrogens (primary N) is 1. The van der Waals surface area contributed by atoms with Crippen molar-refractivity contribution in [3.8, 4) is 0 Å². The summed E-state index contributed by atoms with van der Waals surface area (Å²) in [5, 5.41) is 0. The zero-order valence-corrected chi connectivity index (χ0v) is 10.7. The van der Waals surface area contributed by atoms with E-state index in [4.69, 9.17) is 10.5 Å². The SMILES string of the molecule is CC=O.NC(C(=O)N1CCCC1)c1ccccc1. The molecule has 1 aromatic rings. The third-order valence-electron chi connectivity index (χ3n) is 2.84. The maximum absolute atomic E-state index is 11.9. The Morgan fingerprint density at radius 1 is 1.28 bits per heavy atom. The molecule has 1 fully saturated rings. The number of benzene rings is 1. The second kappa shape index (κ2) is 7.61. The molecule has 0 radical (unpaired) electrons. The predicted octanol–water partition coefficient (Wildman–Crippen LogP) is 1.51. The fourth-order valence-corrected chi connectivity index (χ4v) is 1.94. The van der Waals surface area contributed by atoms with Crippen molar-refractivity contribution >= 4 is 12.2 Å². The normalized spacial score (nSPS) is 15.6. The van der Waals surface area contributed by atoms with Crippen LogP contribution in [0.4, 0.5) is 0 Å². The summed E-state index contributed by atoms with van der Waals surface area (Å²) in [6, 6.07) is 9.05.